The number of hydrogen-bond acceptors (Lipinski definition) is 2. The molecule has 1 atom stereocenters. The molecule has 1 rings (SSSR count). The van der Waals surface area contributed by atoms with Crippen LogP contribution in [-0.2, 0) is 9.73 Å². The molecule has 3 heteroatoms. The Hall–Kier alpha value is -0.0500. The first-order valence-electron chi connectivity index (χ1n) is 4.33. The molecule has 0 aromatic carbocycles. The van der Waals surface area contributed by atoms with Gasteiger partial charge in [0.05, 0.1) is 0 Å². The summed E-state index contributed by atoms with van der Waals surface area (Å²) in [6, 6.07) is 0. The van der Waals surface area contributed by atoms with Crippen molar-refractivity contribution < 1.29 is 4.21 Å². The van der Waals surface area contributed by atoms with E-state index in [1.807, 2.05) is 13.8 Å². The monoisotopic (exact) mass is 177 g/mol. The molecule has 0 bridgehead atoms. The molecule has 1 aliphatic rings. The Morgan fingerprint density at radius 3 is 1.82 bits per heavy atom. The Bertz CT molecular complexity index is 178. The maximum absolute atomic E-state index is 11.1. The maximum atomic E-state index is 11.1. The molecule has 0 spiro atoms. The Balaban J connectivity index is 0.000000461. The lowest BCUT2D eigenvalue weighted by Gasteiger charge is -2.06. The summed E-state index contributed by atoms with van der Waals surface area (Å²) < 4.78 is 18.3. The summed E-state index contributed by atoms with van der Waals surface area (Å²) in [6.07, 6.45) is 5.93. The van der Waals surface area contributed by atoms with Gasteiger partial charge in [-0.3, -0.25) is 4.78 Å². The molecule has 0 radical (unpaired) electrons. The molecule has 1 unspecified atom stereocenters. The molecular weight excluding hydrogens is 158 g/mol. The second-order valence-corrected chi connectivity index (χ2v) is 5.28. The van der Waals surface area contributed by atoms with Gasteiger partial charge in [-0.15, -0.1) is 0 Å². The van der Waals surface area contributed by atoms with Gasteiger partial charge in [-0.25, -0.2) is 4.21 Å². The van der Waals surface area contributed by atoms with E-state index in [2.05, 4.69) is 0 Å². The van der Waals surface area contributed by atoms with Crippen LogP contribution in [0.2, 0.25) is 0 Å². The van der Waals surface area contributed by atoms with Gasteiger partial charge >= 0.3 is 0 Å². The zero-order valence-electron chi connectivity index (χ0n) is 7.72. The van der Waals surface area contributed by atoms with E-state index in [1.54, 1.807) is 6.26 Å². The van der Waals surface area contributed by atoms with Gasteiger partial charge in [-0.1, -0.05) is 26.7 Å². The highest BCUT2D eigenvalue weighted by Gasteiger charge is 2.21. The van der Waals surface area contributed by atoms with Gasteiger partial charge in [-0.2, -0.15) is 0 Å². The van der Waals surface area contributed by atoms with Crippen molar-refractivity contribution in [3.8, 4) is 0 Å². The third-order valence-electron chi connectivity index (χ3n) is 1.94. The quantitative estimate of drug-likeness (QED) is 0.657. The molecule has 0 heterocycles. The van der Waals surface area contributed by atoms with Crippen molar-refractivity contribution in [1.29, 1.82) is 4.78 Å². The van der Waals surface area contributed by atoms with E-state index in [-0.39, 0.29) is 5.25 Å². The van der Waals surface area contributed by atoms with Gasteiger partial charge < -0.3 is 0 Å². The third-order valence-corrected chi connectivity index (χ3v) is 3.68. The Morgan fingerprint density at radius 1 is 1.27 bits per heavy atom. The van der Waals surface area contributed by atoms with Crippen molar-refractivity contribution in [2.24, 2.45) is 0 Å². The molecule has 1 fully saturated rings. The Kier molecular flexibility index (Phi) is 4.73. The molecule has 1 saturated carbocycles. The maximum Gasteiger partial charge on any atom is 0.0441 e. The molecule has 1 aliphatic carbocycles. The first-order valence-corrected chi connectivity index (χ1v) is 6.36. The van der Waals surface area contributed by atoms with Gasteiger partial charge in [0.1, 0.15) is 0 Å². The lowest BCUT2D eigenvalue weighted by atomic mass is 10.4. The fourth-order valence-electron chi connectivity index (χ4n) is 1.34. The minimum Gasteiger partial charge on any atom is -0.253 e. The third kappa shape index (κ3) is 3.75. The predicted molar refractivity (Wildman–Crippen MR) is 50.4 cm³/mol. The van der Waals surface area contributed by atoms with Crippen LogP contribution in [0.1, 0.15) is 39.5 Å². The van der Waals surface area contributed by atoms with E-state index >= 15 is 0 Å². The van der Waals surface area contributed by atoms with Crippen molar-refractivity contribution >= 4 is 9.73 Å². The highest BCUT2D eigenvalue weighted by atomic mass is 32.2. The highest BCUT2D eigenvalue weighted by molar-refractivity contribution is 7.92. The fraction of sp³-hybridized carbons (Fsp3) is 1.00. The van der Waals surface area contributed by atoms with Crippen molar-refractivity contribution in [1.82, 2.24) is 0 Å². The second-order valence-electron chi connectivity index (χ2n) is 2.81. The Morgan fingerprint density at radius 2 is 1.64 bits per heavy atom. The van der Waals surface area contributed by atoms with Crippen molar-refractivity contribution in [3.05, 3.63) is 0 Å². The van der Waals surface area contributed by atoms with Gasteiger partial charge in [0.25, 0.3) is 0 Å². The smallest absolute Gasteiger partial charge is 0.0441 e. The largest absolute Gasteiger partial charge is 0.253 e. The minimum absolute atomic E-state index is 0.206. The molecule has 0 amide bonds. The summed E-state index contributed by atoms with van der Waals surface area (Å²) in [4.78, 5) is 0. The first-order chi connectivity index (χ1) is 5.11. The summed E-state index contributed by atoms with van der Waals surface area (Å²) in [7, 11) is -2.20. The van der Waals surface area contributed by atoms with Gasteiger partial charge in [0, 0.05) is 21.2 Å². The van der Waals surface area contributed by atoms with Crippen LogP contribution in [-0.4, -0.2) is 15.7 Å². The minimum atomic E-state index is -2.20. The van der Waals surface area contributed by atoms with E-state index in [1.165, 1.54) is 12.8 Å². The first kappa shape index (κ1) is 11.0. The zero-order valence-corrected chi connectivity index (χ0v) is 8.54. The van der Waals surface area contributed by atoms with Crippen LogP contribution in [0.4, 0.5) is 0 Å². The number of rotatable bonds is 1. The molecule has 0 saturated heterocycles. The van der Waals surface area contributed by atoms with E-state index in [0.717, 1.165) is 12.8 Å². The van der Waals surface area contributed by atoms with Crippen molar-refractivity contribution in [3.63, 3.8) is 0 Å². The SMILES string of the molecule is CC.CS(=N)(=O)C1CCCC1. The molecule has 11 heavy (non-hydrogen) atoms. The summed E-state index contributed by atoms with van der Waals surface area (Å²) >= 11 is 0. The number of nitrogens with one attached hydrogen (secondary N) is 1. The Labute approximate surface area is 70.4 Å². The number of hydrogen-bond donors (Lipinski definition) is 1. The molecule has 68 valence electrons. The molecule has 1 N–H and O–H groups in total. The molecule has 0 aromatic rings. The molecule has 2 nitrogen and oxygen atoms in total. The van der Waals surface area contributed by atoms with Gasteiger partial charge in [0.2, 0.25) is 0 Å². The summed E-state index contributed by atoms with van der Waals surface area (Å²) in [5, 5.41) is 0.206. The van der Waals surface area contributed by atoms with Crippen LogP contribution in [0.25, 0.3) is 0 Å². The molecular formula is C8H19NOS. The average molecular weight is 177 g/mol. The summed E-state index contributed by atoms with van der Waals surface area (Å²) in [6.45, 7) is 4.00. The fourth-order valence-corrected chi connectivity index (χ4v) is 2.57. The van der Waals surface area contributed by atoms with Gasteiger partial charge in [-0.05, 0) is 12.8 Å². The van der Waals surface area contributed by atoms with Crippen LogP contribution in [0.3, 0.4) is 0 Å². The molecule has 0 aromatic heterocycles. The van der Waals surface area contributed by atoms with Crippen LogP contribution in [0.15, 0.2) is 0 Å². The average Bonchev–Trinajstić information content (AvgIpc) is 2.40. The predicted octanol–water partition coefficient (Wildman–Crippen LogP) is 2.63. The van der Waals surface area contributed by atoms with Crippen molar-refractivity contribution in [2.75, 3.05) is 6.26 Å². The zero-order chi connectivity index (χ0) is 8.91. The lowest BCUT2D eigenvalue weighted by molar-refractivity contribution is 0.664. The summed E-state index contributed by atoms with van der Waals surface area (Å²) in [5.41, 5.74) is 0. The lowest BCUT2D eigenvalue weighted by Crippen LogP contribution is -2.13. The van der Waals surface area contributed by atoms with E-state index in [4.69, 9.17) is 4.78 Å². The van der Waals surface area contributed by atoms with Crippen LogP contribution in [0, 0.1) is 4.78 Å². The summed E-state index contributed by atoms with van der Waals surface area (Å²) in [5.74, 6) is 0. The van der Waals surface area contributed by atoms with Crippen molar-refractivity contribution in [2.45, 2.75) is 44.8 Å². The van der Waals surface area contributed by atoms with Crippen LogP contribution < -0.4 is 0 Å². The topological polar surface area (TPSA) is 40.9 Å². The molecule has 0 aliphatic heterocycles. The second kappa shape index (κ2) is 4.75. The van der Waals surface area contributed by atoms with Gasteiger partial charge in [0.15, 0.2) is 0 Å². The normalized spacial score (nSPS) is 23.5. The highest BCUT2D eigenvalue weighted by Crippen LogP contribution is 2.23. The van der Waals surface area contributed by atoms with E-state index < -0.39 is 9.73 Å². The van der Waals surface area contributed by atoms with Crippen LogP contribution in [0.5, 0.6) is 0 Å². The van der Waals surface area contributed by atoms with Crippen LogP contribution >= 0.6 is 0 Å². The standard InChI is InChI=1S/C6H13NOS.C2H6/c1-9(7,8)6-4-2-3-5-6;1-2/h6-7H,2-5H2,1H3;1-2H3. The van der Waals surface area contributed by atoms with E-state index in [0.29, 0.717) is 0 Å². The van der Waals surface area contributed by atoms with E-state index in [9.17, 15) is 4.21 Å².